The van der Waals surface area contributed by atoms with E-state index in [1.54, 1.807) is 13.0 Å². The number of carbonyl (C=O) groups is 1. The molecule has 1 saturated carbocycles. The van der Waals surface area contributed by atoms with E-state index in [-0.39, 0.29) is 11.3 Å². The van der Waals surface area contributed by atoms with E-state index in [1.807, 2.05) is 0 Å². The van der Waals surface area contributed by atoms with Gasteiger partial charge < -0.3 is 5.32 Å². The Morgan fingerprint density at radius 1 is 1.03 bits per heavy atom. The molecule has 0 bridgehead atoms. The van der Waals surface area contributed by atoms with Gasteiger partial charge in [0.1, 0.15) is 11.4 Å². The van der Waals surface area contributed by atoms with Gasteiger partial charge in [-0.3, -0.25) is 19.4 Å². The minimum absolute atomic E-state index is 0.232. The average molecular weight is 469 g/mol. The van der Waals surface area contributed by atoms with Crippen LogP contribution in [0.15, 0.2) is 36.5 Å². The summed E-state index contributed by atoms with van der Waals surface area (Å²) in [5.74, 6) is -0.717. The van der Waals surface area contributed by atoms with Gasteiger partial charge in [-0.2, -0.15) is 31.4 Å². The van der Waals surface area contributed by atoms with Gasteiger partial charge in [0, 0.05) is 30.6 Å². The molecule has 0 aromatic carbocycles. The molecule has 12 heteroatoms. The Kier molecular flexibility index (Phi) is 5.21. The molecule has 0 saturated heterocycles. The van der Waals surface area contributed by atoms with Crippen molar-refractivity contribution < 1.29 is 31.1 Å². The minimum atomic E-state index is -4.68. The molecular weight excluding hydrogens is 452 g/mol. The first-order valence-electron chi connectivity index (χ1n) is 9.76. The molecule has 33 heavy (non-hydrogen) atoms. The van der Waals surface area contributed by atoms with Crippen molar-refractivity contribution in [2.75, 3.05) is 0 Å². The highest BCUT2D eigenvalue weighted by molar-refractivity contribution is 5.93. The maximum absolute atomic E-state index is 13.0. The molecule has 0 atom stereocenters. The molecule has 3 aromatic heterocycles. The molecule has 0 spiro atoms. The first-order valence-corrected chi connectivity index (χ1v) is 9.76. The number of aryl methyl sites for hydroxylation is 2. The summed E-state index contributed by atoms with van der Waals surface area (Å²) >= 11 is 0. The second kappa shape index (κ2) is 7.56. The third-order valence-corrected chi connectivity index (χ3v) is 5.45. The van der Waals surface area contributed by atoms with E-state index in [0.717, 1.165) is 16.9 Å². The summed E-state index contributed by atoms with van der Waals surface area (Å²) < 4.78 is 78.4. The normalized spacial score (nSPS) is 15.4. The number of pyridine rings is 2. The van der Waals surface area contributed by atoms with E-state index in [0.29, 0.717) is 35.9 Å². The van der Waals surface area contributed by atoms with E-state index in [4.69, 9.17) is 0 Å². The van der Waals surface area contributed by atoms with Crippen molar-refractivity contribution in [2.45, 2.75) is 37.7 Å². The number of alkyl halides is 6. The van der Waals surface area contributed by atoms with Crippen LogP contribution in [0.1, 0.15) is 46.0 Å². The lowest BCUT2D eigenvalue weighted by atomic mass is 10.0. The predicted molar refractivity (Wildman–Crippen MR) is 104 cm³/mol. The minimum Gasteiger partial charge on any atom is -0.341 e. The van der Waals surface area contributed by atoms with Crippen molar-refractivity contribution in [2.24, 2.45) is 7.05 Å². The summed E-state index contributed by atoms with van der Waals surface area (Å²) in [6.07, 6.45) is -7.14. The highest BCUT2D eigenvalue weighted by Gasteiger charge is 2.47. The Morgan fingerprint density at radius 3 is 2.24 bits per heavy atom. The fourth-order valence-corrected chi connectivity index (χ4v) is 3.66. The number of rotatable bonds is 4. The van der Waals surface area contributed by atoms with Crippen molar-refractivity contribution >= 4 is 5.91 Å². The highest BCUT2D eigenvalue weighted by atomic mass is 19.4. The molecule has 1 amide bonds. The molecule has 0 unspecified atom stereocenters. The van der Waals surface area contributed by atoms with Gasteiger partial charge in [-0.25, -0.2) is 0 Å². The smallest absolute Gasteiger partial charge is 0.341 e. The predicted octanol–water partition coefficient (Wildman–Crippen LogP) is 4.64. The van der Waals surface area contributed by atoms with Crippen LogP contribution in [0.2, 0.25) is 0 Å². The Balaban J connectivity index is 1.59. The molecule has 0 radical (unpaired) electrons. The van der Waals surface area contributed by atoms with Crippen LogP contribution in [0.25, 0.3) is 11.3 Å². The van der Waals surface area contributed by atoms with Crippen molar-refractivity contribution in [3.05, 3.63) is 64.9 Å². The summed E-state index contributed by atoms with van der Waals surface area (Å²) in [5, 5.41) is 6.12. The number of nitrogens with zero attached hydrogens (tertiary/aromatic N) is 4. The van der Waals surface area contributed by atoms with Gasteiger partial charge in [-0.1, -0.05) is 6.07 Å². The number of halogens is 6. The summed E-state index contributed by atoms with van der Waals surface area (Å²) in [6, 6.07) is 6.18. The number of carbonyl (C=O) groups excluding carboxylic acids is 1. The Morgan fingerprint density at radius 2 is 1.70 bits per heavy atom. The highest BCUT2D eigenvalue weighted by Crippen LogP contribution is 2.47. The topological polar surface area (TPSA) is 72.7 Å². The summed E-state index contributed by atoms with van der Waals surface area (Å²) in [4.78, 5) is 20.4. The molecule has 174 valence electrons. The molecular formula is C21H17F6N5O. The van der Waals surface area contributed by atoms with Gasteiger partial charge in [0.2, 0.25) is 0 Å². The van der Waals surface area contributed by atoms with E-state index in [1.165, 1.54) is 19.2 Å². The maximum atomic E-state index is 13.0. The molecule has 0 aliphatic heterocycles. The lowest BCUT2D eigenvalue weighted by Crippen LogP contribution is -2.36. The van der Waals surface area contributed by atoms with Crippen LogP contribution < -0.4 is 5.32 Å². The molecule has 1 fully saturated rings. The van der Waals surface area contributed by atoms with Crippen molar-refractivity contribution in [3.63, 3.8) is 0 Å². The van der Waals surface area contributed by atoms with Crippen molar-refractivity contribution in [1.29, 1.82) is 0 Å². The maximum Gasteiger partial charge on any atom is 0.435 e. The van der Waals surface area contributed by atoms with Gasteiger partial charge in [-0.05, 0) is 43.5 Å². The molecule has 4 rings (SSSR count). The van der Waals surface area contributed by atoms with Crippen LogP contribution in [0.4, 0.5) is 26.3 Å². The fourth-order valence-electron chi connectivity index (χ4n) is 3.66. The average Bonchev–Trinajstić information content (AvgIpc) is 3.37. The zero-order chi connectivity index (χ0) is 24.2. The summed E-state index contributed by atoms with van der Waals surface area (Å²) in [6.45, 7) is 1.66. The molecule has 1 aliphatic carbocycles. The Hall–Kier alpha value is -3.44. The molecule has 1 aliphatic rings. The number of hydrogen-bond acceptors (Lipinski definition) is 4. The number of amides is 1. The number of hydrogen-bond donors (Lipinski definition) is 1. The molecule has 3 heterocycles. The zero-order valence-electron chi connectivity index (χ0n) is 17.3. The molecule has 3 aromatic rings. The van der Waals surface area contributed by atoms with E-state index in [9.17, 15) is 31.1 Å². The second-order valence-electron chi connectivity index (χ2n) is 7.83. The molecule has 6 nitrogen and oxygen atoms in total. The Labute approximate surface area is 183 Å². The Bertz CT molecular complexity index is 1230. The van der Waals surface area contributed by atoms with Crippen molar-refractivity contribution in [1.82, 2.24) is 25.1 Å². The van der Waals surface area contributed by atoms with Crippen LogP contribution in [0.3, 0.4) is 0 Å². The van der Waals surface area contributed by atoms with Crippen LogP contribution in [0, 0.1) is 6.92 Å². The quantitative estimate of drug-likeness (QED) is 0.565. The number of nitrogens with one attached hydrogen (secondary N) is 1. The van der Waals surface area contributed by atoms with Gasteiger partial charge in [0.15, 0.2) is 5.69 Å². The van der Waals surface area contributed by atoms with E-state index >= 15 is 0 Å². The second-order valence-corrected chi connectivity index (χ2v) is 7.83. The van der Waals surface area contributed by atoms with Crippen LogP contribution in [-0.2, 0) is 24.9 Å². The van der Waals surface area contributed by atoms with Crippen LogP contribution in [0.5, 0.6) is 0 Å². The monoisotopic (exact) mass is 469 g/mol. The third-order valence-electron chi connectivity index (χ3n) is 5.45. The summed E-state index contributed by atoms with van der Waals surface area (Å²) in [7, 11) is 1.25. The van der Waals surface area contributed by atoms with Crippen LogP contribution in [-0.4, -0.2) is 25.7 Å². The van der Waals surface area contributed by atoms with Gasteiger partial charge >= 0.3 is 12.4 Å². The SMILES string of the molecule is Cc1nc(-c2ccnc(C(F)(F)F)c2)ccc1C1(NC(=O)c2cc(C(F)(F)F)nn2C)CC1. The first-order chi connectivity index (χ1) is 15.3. The third kappa shape index (κ3) is 4.41. The molecule has 1 N–H and O–H groups in total. The van der Waals surface area contributed by atoms with Gasteiger partial charge in [0.05, 0.1) is 11.2 Å². The fraction of sp³-hybridized carbons (Fsp3) is 0.333. The largest absolute Gasteiger partial charge is 0.435 e. The number of aromatic nitrogens is 4. The van der Waals surface area contributed by atoms with Crippen LogP contribution >= 0.6 is 0 Å². The van der Waals surface area contributed by atoms with Crippen molar-refractivity contribution in [3.8, 4) is 11.3 Å². The summed E-state index contributed by atoms with van der Waals surface area (Å²) in [5.41, 5.74) is -1.61. The standard InChI is InChI=1S/C21H17F6N5O/c1-11-13(3-4-14(29-11)12-5-8-28-16(9-12)20(22,23)24)19(6-7-19)30-18(33)15-10-17(21(25,26)27)31-32(15)2/h3-5,8-10H,6-7H2,1-2H3,(H,30,33). The zero-order valence-corrected chi connectivity index (χ0v) is 17.3. The van der Waals surface area contributed by atoms with Gasteiger partial charge in [0.25, 0.3) is 5.91 Å². The van der Waals surface area contributed by atoms with Gasteiger partial charge in [-0.15, -0.1) is 0 Å². The lowest BCUT2D eigenvalue weighted by molar-refractivity contribution is -0.142. The lowest BCUT2D eigenvalue weighted by Gasteiger charge is -2.20. The van der Waals surface area contributed by atoms with E-state index < -0.39 is 35.2 Å². The van der Waals surface area contributed by atoms with E-state index in [2.05, 4.69) is 20.4 Å². The first kappa shape index (κ1) is 22.7.